The molecule has 0 amide bonds. The van der Waals surface area contributed by atoms with Crippen LogP contribution in [-0.2, 0) is 19.0 Å². The number of methoxy groups -OCH3 is 1. The van der Waals surface area contributed by atoms with E-state index in [-0.39, 0.29) is 13.2 Å². The first-order valence-electron chi connectivity index (χ1n) is 8.94. The predicted molar refractivity (Wildman–Crippen MR) is 98.7 cm³/mol. The molecule has 6 atom stereocenters. The van der Waals surface area contributed by atoms with E-state index in [0.717, 1.165) is 5.56 Å². The third-order valence-corrected chi connectivity index (χ3v) is 4.22. The van der Waals surface area contributed by atoms with Gasteiger partial charge in [0.25, 0.3) is 0 Å². The largest absolute Gasteiger partial charge is 0.497 e. The average molecular weight is 414 g/mol. The van der Waals surface area contributed by atoms with Crippen molar-refractivity contribution in [3.05, 3.63) is 35.9 Å². The van der Waals surface area contributed by atoms with Crippen LogP contribution >= 0.6 is 0 Å². The van der Waals surface area contributed by atoms with Crippen molar-refractivity contribution in [2.24, 2.45) is 0 Å². The van der Waals surface area contributed by atoms with Crippen molar-refractivity contribution in [3.63, 3.8) is 0 Å². The number of benzene rings is 1. The number of aliphatic hydroxyl groups excluding tert-OH is 5. The molecule has 1 heterocycles. The second-order valence-corrected chi connectivity index (χ2v) is 6.42. The summed E-state index contributed by atoms with van der Waals surface area (Å²) in [5.74, 6) is -0.0407. The Hall–Kier alpha value is -2.05. The van der Waals surface area contributed by atoms with Gasteiger partial charge in [-0.25, -0.2) is 4.79 Å². The van der Waals surface area contributed by atoms with E-state index in [1.807, 2.05) is 0 Å². The molecule has 0 saturated carbocycles. The predicted octanol–water partition coefficient (Wildman–Crippen LogP) is -1.57. The van der Waals surface area contributed by atoms with Crippen molar-refractivity contribution < 1.29 is 49.3 Å². The molecule has 0 aliphatic carbocycles. The van der Waals surface area contributed by atoms with E-state index in [1.165, 1.54) is 19.3 Å². The topological polar surface area (TPSA) is 155 Å². The Kier molecular flexibility index (Phi) is 8.99. The van der Waals surface area contributed by atoms with Crippen molar-refractivity contribution in [2.75, 3.05) is 26.9 Å². The fourth-order valence-electron chi connectivity index (χ4n) is 2.60. The Morgan fingerprint density at radius 3 is 2.66 bits per heavy atom. The Bertz CT molecular complexity index is 677. The van der Waals surface area contributed by atoms with Crippen molar-refractivity contribution in [1.29, 1.82) is 0 Å². The molecule has 29 heavy (non-hydrogen) atoms. The normalized spacial score (nSPS) is 28.3. The highest BCUT2D eigenvalue weighted by molar-refractivity contribution is 5.87. The van der Waals surface area contributed by atoms with Gasteiger partial charge < -0.3 is 44.5 Å². The SMILES string of the molecule is COc1cccc(C=CC(=O)OC[C@@H](O)COC2OC(CO)C(O)C(O)C2O)c1. The van der Waals surface area contributed by atoms with E-state index in [1.54, 1.807) is 24.3 Å². The van der Waals surface area contributed by atoms with Crippen LogP contribution in [0, 0.1) is 0 Å². The highest BCUT2D eigenvalue weighted by Crippen LogP contribution is 2.22. The minimum absolute atomic E-state index is 0.376. The van der Waals surface area contributed by atoms with Gasteiger partial charge in [0.15, 0.2) is 6.29 Å². The maximum absolute atomic E-state index is 11.7. The molecular weight excluding hydrogens is 388 g/mol. The van der Waals surface area contributed by atoms with Crippen LogP contribution in [0.3, 0.4) is 0 Å². The third kappa shape index (κ3) is 6.75. The molecule has 0 radical (unpaired) electrons. The summed E-state index contributed by atoms with van der Waals surface area (Å²) in [6, 6.07) is 7.04. The van der Waals surface area contributed by atoms with Crippen LogP contribution in [0.15, 0.2) is 30.3 Å². The molecule has 0 aromatic heterocycles. The lowest BCUT2D eigenvalue weighted by molar-refractivity contribution is -0.304. The lowest BCUT2D eigenvalue weighted by Gasteiger charge is -2.39. The van der Waals surface area contributed by atoms with Gasteiger partial charge in [0, 0.05) is 6.08 Å². The number of hydrogen-bond acceptors (Lipinski definition) is 10. The monoisotopic (exact) mass is 414 g/mol. The lowest BCUT2D eigenvalue weighted by atomic mass is 9.99. The summed E-state index contributed by atoms with van der Waals surface area (Å²) in [6.45, 7) is -1.35. The zero-order valence-corrected chi connectivity index (χ0v) is 15.8. The summed E-state index contributed by atoms with van der Waals surface area (Å²) < 4.78 is 20.3. The summed E-state index contributed by atoms with van der Waals surface area (Å²) in [6.07, 6.45) is -5.65. The summed E-state index contributed by atoms with van der Waals surface area (Å²) in [5.41, 5.74) is 0.729. The smallest absolute Gasteiger partial charge is 0.330 e. The maximum atomic E-state index is 11.7. The molecule has 5 unspecified atom stereocenters. The zero-order valence-electron chi connectivity index (χ0n) is 15.8. The molecule has 162 valence electrons. The van der Waals surface area contributed by atoms with Gasteiger partial charge in [-0.05, 0) is 23.8 Å². The molecule has 1 aliphatic rings. The fourth-order valence-corrected chi connectivity index (χ4v) is 2.60. The first kappa shape index (κ1) is 23.2. The van der Waals surface area contributed by atoms with Gasteiger partial charge >= 0.3 is 5.97 Å². The molecule has 1 fully saturated rings. The summed E-state index contributed by atoms with van der Waals surface area (Å²) >= 11 is 0. The number of carbonyl (C=O) groups excluding carboxylic acids is 1. The Morgan fingerprint density at radius 2 is 1.97 bits per heavy atom. The molecule has 1 aromatic carbocycles. The second kappa shape index (κ2) is 11.2. The summed E-state index contributed by atoms with van der Waals surface area (Å²) in [5, 5.41) is 48.2. The minimum Gasteiger partial charge on any atom is -0.497 e. The van der Waals surface area contributed by atoms with Gasteiger partial charge in [-0.15, -0.1) is 0 Å². The van der Waals surface area contributed by atoms with Crippen LogP contribution in [0.25, 0.3) is 6.08 Å². The molecule has 10 heteroatoms. The second-order valence-electron chi connectivity index (χ2n) is 6.42. The van der Waals surface area contributed by atoms with Gasteiger partial charge in [0.05, 0.1) is 20.3 Å². The van der Waals surface area contributed by atoms with Crippen LogP contribution < -0.4 is 4.74 Å². The first-order valence-corrected chi connectivity index (χ1v) is 8.94. The minimum atomic E-state index is -1.58. The molecule has 10 nitrogen and oxygen atoms in total. The van der Waals surface area contributed by atoms with Crippen LogP contribution in [0.2, 0.25) is 0 Å². The Morgan fingerprint density at radius 1 is 1.21 bits per heavy atom. The maximum Gasteiger partial charge on any atom is 0.330 e. The molecule has 0 spiro atoms. The number of ether oxygens (including phenoxy) is 4. The van der Waals surface area contributed by atoms with Crippen LogP contribution in [0.5, 0.6) is 5.75 Å². The molecule has 5 N–H and O–H groups in total. The lowest BCUT2D eigenvalue weighted by Crippen LogP contribution is -2.59. The van der Waals surface area contributed by atoms with Crippen molar-refractivity contribution in [3.8, 4) is 5.75 Å². The fraction of sp³-hybridized carbons (Fsp3) is 0.526. The summed E-state index contributed by atoms with van der Waals surface area (Å²) in [7, 11) is 1.53. The first-order chi connectivity index (χ1) is 13.8. The molecule has 2 rings (SSSR count). The highest BCUT2D eigenvalue weighted by atomic mass is 16.7. The number of hydrogen-bond donors (Lipinski definition) is 5. The van der Waals surface area contributed by atoms with E-state index in [0.29, 0.717) is 5.75 Å². The zero-order chi connectivity index (χ0) is 21.4. The van der Waals surface area contributed by atoms with Crippen LogP contribution in [0.1, 0.15) is 5.56 Å². The average Bonchev–Trinajstić information content (AvgIpc) is 2.74. The number of aliphatic hydroxyl groups is 5. The van der Waals surface area contributed by atoms with Crippen molar-refractivity contribution in [1.82, 2.24) is 0 Å². The van der Waals surface area contributed by atoms with E-state index in [4.69, 9.17) is 24.1 Å². The standard InChI is InChI=1S/C19H26O10/c1-26-13-4-2-3-11(7-13)5-6-15(22)27-9-12(21)10-28-19-18(25)17(24)16(23)14(8-20)29-19/h2-7,12,14,16-21,23-25H,8-10H2,1H3/t12-,14?,16?,17?,18?,19?/m1/s1. The van der Waals surface area contributed by atoms with Gasteiger partial charge in [0.1, 0.15) is 42.9 Å². The van der Waals surface area contributed by atoms with Crippen molar-refractivity contribution >= 4 is 12.0 Å². The van der Waals surface area contributed by atoms with E-state index in [2.05, 4.69) is 0 Å². The highest BCUT2D eigenvalue weighted by Gasteiger charge is 2.44. The van der Waals surface area contributed by atoms with E-state index in [9.17, 15) is 25.2 Å². The summed E-state index contributed by atoms with van der Waals surface area (Å²) in [4.78, 5) is 11.7. The molecule has 1 aliphatic heterocycles. The van der Waals surface area contributed by atoms with E-state index < -0.39 is 49.4 Å². The molecule has 0 bridgehead atoms. The van der Waals surface area contributed by atoms with Gasteiger partial charge in [-0.2, -0.15) is 0 Å². The quantitative estimate of drug-likeness (QED) is 0.236. The molecular formula is C19H26O10. The number of rotatable bonds is 9. The van der Waals surface area contributed by atoms with Gasteiger partial charge in [-0.3, -0.25) is 0 Å². The van der Waals surface area contributed by atoms with Crippen LogP contribution in [-0.4, -0.2) is 95.2 Å². The van der Waals surface area contributed by atoms with Gasteiger partial charge in [0.2, 0.25) is 0 Å². The third-order valence-electron chi connectivity index (χ3n) is 4.22. The molecule has 1 saturated heterocycles. The van der Waals surface area contributed by atoms with Gasteiger partial charge in [-0.1, -0.05) is 12.1 Å². The molecule has 1 aromatic rings. The van der Waals surface area contributed by atoms with E-state index >= 15 is 0 Å². The van der Waals surface area contributed by atoms with Crippen molar-refractivity contribution in [2.45, 2.75) is 36.8 Å². The Labute approximate surface area is 167 Å². The van der Waals surface area contributed by atoms with Crippen LogP contribution in [0.4, 0.5) is 0 Å². The number of esters is 1. The number of carbonyl (C=O) groups is 1. The Balaban J connectivity index is 1.75.